The van der Waals surface area contributed by atoms with Crippen LogP contribution in [0.25, 0.3) is 0 Å². The first-order chi connectivity index (χ1) is 11.5. The van der Waals surface area contributed by atoms with E-state index in [9.17, 15) is 9.59 Å². The Kier molecular flexibility index (Phi) is 4.86. The molecule has 0 aromatic heterocycles. The smallest absolute Gasteiger partial charge is 0.253 e. The lowest BCUT2D eigenvalue weighted by atomic mass is 10.1. The Morgan fingerprint density at radius 1 is 1.21 bits per heavy atom. The number of nitrogens with zero attached hydrogens (tertiary/aromatic N) is 2. The molecule has 1 saturated heterocycles. The van der Waals surface area contributed by atoms with Crippen molar-refractivity contribution in [3.05, 3.63) is 64.7 Å². The lowest BCUT2D eigenvalue weighted by Gasteiger charge is -2.19. The number of rotatable bonds is 4. The van der Waals surface area contributed by atoms with E-state index in [2.05, 4.69) is 0 Å². The fraction of sp³-hybridized carbons (Fsp3) is 0.263. The highest BCUT2D eigenvalue weighted by atomic mass is 35.5. The SMILES string of the molecule is CN(Cc1cccc(Cl)c1)C(=O)c1ccc(N2CCCC2=O)cc1. The molecule has 124 valence electrons. The molecule has 0 spiro atoms. The first-order valence-electron chi connectivity index (χ1n) is 7.95. The highest BCUT2D eigenvalue weighted by Crippen LogP contribution is 2.22. The van der Waals surface area contributed by atoms with Gasteiger partial charge in [0.15, 0.2) is 0 Å². The molecule has 0 unspecified atom stereocenters. The maximum atomic E-state index is 12.5. The summed E-state index contributed by atoms with van der Waals surface area (Å²) in [7, 11) is 1.77. The third-order valence-electron chi connectivity index (χ3n) is 4.15. The van der Waals surface area contributed by atoms with Gasteiger partial charge in [0.05, 0.1) is 0 Å². The number of hydrogen-bond donors (Lipinski definition) is 0. The van der Waals surface area contributed by atoms with Crippen LogP contribution in [0.5, 0.6) is 0 Å². The molecule has 1 aliphatic rings. The number of halogens is 1. The Bertz CT molecular complexity index is 758. The number of hydrogen-bond acceptors (Lipinski definition) is 2. The van der Waals surface area contributed by atoms with Crippen LogP contribution >= 0.6 is 11.6 Å². The fourth-order valence-electron chi connectivity index (χ4n) is 2.91. The minimum Gasteiger partial charge on any atom is -0.337 e. The highest BCUT2D eigenvalue weighted by Gasteiger charge is 2.22. The van der Waals surface area contributed by atoms with Gasteiger partial charge in [-0.2, -0.15) is 0 Å². The van der Waals surface area contributed by atoms with E-state index in [4.69, 9.17) is 11.6 Å². The monoisotopic (exact) mass is 342 g/mol. The second-order valence-electron chi connectivity index (χ2n) is 5.99. The van der Waals surface area contributed by atoms with Crippen LogP contribution in [-0.4, -0.2) is 30.3 Å². The van der Waals surface area contributed by atoms with Gasteiger partial charge in [0, 0.05) is 42.8 Å². The van der Waals surface area contributed by atoms with Crippen molar-refractivity contribution in [2.45, 2.75) is 19.4 Å². The first-order valence-corrected chi connectivity index (χ1v) is 8.33. The lowest BCUT2D eigenvalue weighted by Crippen LogP contribution is -2.26. The maximum Gasteiger partial charge on any atom is 0.253 e. The molecular formula is C19H19ClN2O2. The molecule has 0 saturated carbocycles. The van der Waals surface area contributed by atoms with Crippen LogP contribution in [0, 0.1) is 0 Å². The van der Waals surface area contributed by atoms with Crippen LogP contribution in [0.1, 0.15) is 28.8 Å². The van der Waals surface area contributed by atoms with Crippen molar-refractivity contribution in [3.63, 3.8) is 0 Å². The van der Waals surface area contributed by atoms with Crippen molar-refractivity contribution in [3.8, 4) is 0 Å². The highest BCUT2D eigenvalue weighted by molar-refractivity contribution is 6.30. The molecule has 2 aromatic carbocycles. The number of benzene rings is 2. The number of anilines is 1. The summed E-state index contributed by atoms with van der Waals surface area (Å²) in [6.07, 6.45) is 1.49. The number of amides is 2. The largest absolute Gasteiger partial charge is 0.337 e. The summed E-state index contributed by atoms with van der Waals surface area (Å²) in [6.45, 7) is 1.24. The van der Waals surface area contributed by atoms with Gasteiger partial charge in [0.1, 0.15) is 0 Å². The predicted octanol–water partition coefficient (Wildman–Crippen LogP) is 3.74. The van der Waals surface area contributed by atoms with E-state index in [0.29, 0.717) is 23.6 Å². The molecule has 2 aromatic rings. The molecule has 2 amide bonds. The minimum absolute atomic E-state index is 0.0609. The zero-order valence-electron chi connectivity index (χ0n) is 13.5. The normalized spacial score (nSPS) is 14.1. The van der Waals surface area contributed by atoms with Gasteiger partial charge in [-0.15, -0.1) is 0 Å². The van der Waals surface area contributed by atoms with E-state index < -0.39 is 0 Å². The van der Waals surface area contributed by atoms with Gasteiger partial charge in [0.25, 0.3) is 5.91 Å². The average molecular weight is 343 g/mol. The van der Waals surface area contributed by atoms with E-state index in [1.807, 2.05) is 36.4 Å². The van der Waals surface area contributed by atoms with E-state index >= 15 is 0 Å². The summed E-state index contributed by atoms with van der Waals surface area (Å²) in [5, 5.41) is 0.660. The van der Waals surface area contributed by atoms with Crippen molar-refractivity contribution in [2.75, 3.05) is 18.5 Å². The second-order valence-corrected chi connectivity index (χ2v) is 6.42. The van der Waals surface area contributed by atoms with E-state index in [1.54, 1.807) is 29.0 Å². The molecule has 0 radical (unpaired) electrons. The molecule has 0 N–H and O–H groups in total. The van der Waals surface area contributed by atoms with Crippen molar-refractivity contribution < 1.29 is 9.59 Å². The summed E-state index contributed by atoms with van der Waals surface area (Å²) in [5.41, 5.74) is 2.44. The third kappa shape index (κ3) is 3.60. The van der Waals surface area contributed by atoms with Gasteiger partial charge in [-0.05, 0) is 48.4 Å². The molecule has 1 aliphatic heterocycles. The molecule has 1 fully saturated rings. The van der Waals surface area contributed by atoms with E-state index in [-0.39, 0.29) is 11.8 Å². The Morgan fingerprint density at radius 3 is 2.58 bits per heavy atom. The van der Waals surface area contributed by atoms with Gasteiger partial charge in [-0.3, -0.25) is 9.59 Å². The quantitative estimate of drug-likeness (QED) is 0.849. The van der Waals surface area contributed by atoms with Crippen LogP contribution < -0.4 is 4.90 Å². The molecule has 0 bridgehead atoms. The minimum atomic E-state index is -0.0609. The zero-order chi connectivity index (χ0) is 17.1. The van der Waals surface area contributed by atoms with Crippen LogP contribution in [0.15, 0.2) is 48.5 Å². The number of carbonyl (C=O) groups excluding carboxylic acids is 2. The third-order valence-corrected chi connectivity index (χ3v) is 4.39. The van der Waals surface area contributed by atoms with Crippen molar-refractivity contribution >= 4 is 29.1 Å². The second kappa shape index (κ2) is 7.05. The van der Waals surface area contributed by atoms with Gasteiger partial charge in [-0.1, -0.05) is 23.7 Å². The van der Waals surface area contributed by atoms with E-state index in [0.717, 1.165) is 24.2 Å². The molecular weight excluding hydrogens is 324 g/mol. The first kappa shape index (κ1) is 16.5. The van der Waals surface area contributed by atoms with Crippen LogP contribution in [-0.2, 0) is 11.3 Å². The lowest BCUT2D eigenvalue weighted by molar-refractivity contribution is -0.117. The molecule has 24 heavy (non-hydrogen) atoms. The van der Waals surface area contributed by atoms with Crippen LogP contribution in [0.2, 0.25) is 5.02 Å². The molecule has 0 atom stereocenters. The Hall–Kier alpha value is -2.33. The van der Waals surface area contributed by atoms with Gasteiger partial charge in [0.2, 0.25) is 5.91 Å². The summed E-state index contributed by atoms with van der Waals surface area (Å²) < 4.78 is 0. The van der Waals surface area contributed by atoms with Crippen molar-refractivity contribution in [1.29, 1.82) is 0 Å². The zero-order valence-corrected chi connectivity index (χ0v) is 14.3. The van der Waals surface area contributed by atoms with E-state index in [1.165, 1.54) is 0 Å². The predicted molar refractivity (Wildman–Crippen MR) is 95.3 cm³/mol. The summed E-state index contributed by atoms with van der Waals surface area (Å²) >= 11 is 5.98. The molecule has 4 nitrogen and oxygen atoms in total. The Morgan fingerprint density at radius 2 is 1.96 bits per heavy atom. The number of carbonyl (C=O) groups is 2. The summed E-state index contributed by atoms with van der Waals surface area (Å²) in [6, 6.07) is 14.7. The molecule has 3 rings (SSSR count). The standard InChI is InChI=1S/C19H19ClN2O2/c1-21(13-14-4-2-5-16(20)12-14)19(24)15-7-9-17(10-8-15)22-11-3-6-18(22)23/h2,4-5,7-10,12H,3,6,11,13H2,1H3. The molecule has 5 heteroatoms. The van der Waals surface area contributed by atoms with Gasteiger partial charge < -0.3 is 9.80 Å². The average Bonchev–Trinajstić information content (AvgIpc) is 3.00. The van der Waals surface area contributed by atoms with Crippen LogP contribution in [0.3, 0.4) is 0 Å². The Labute approximate surface area is 146 Å². The molecule has 0 aliphatic carbocycles. The van der Waals surface area contributed by atoms with Crippen molar-refractivity contribution in [2.24, 2.45) is 0 Å². The maximum absolute atomic E-state index is 12.5. The fourth-order valence-corrected chi connectivity index (χ4v) is 3.12. The molecule has 1 heterocycles. The van der Waals surface area contributed by atoms with Crippen molar-refractivity contribution in [1.82, 2.24) is 4.90 Å². The topological polar surface area (TPSA) is 40.6 Å². The van der Waals surface area contributed by atoms with Gasteiger partial charge >= 0.3 is 0 Å². The Balaban J connectivity index is 1.69. The van der Waals surface area contributed by atoms with Gasteiger partial charge in [-0.25, -0.2) is 0 Å². The summed E-state index contributed by atoms with van der Waals surface area (Å²) in [4.78, 5) is 27.7. The summed E-state index contributed by atoms with van der Waals surface area (Å²) in [5.74, 6) is 0.0847. The van der Waals surface area contributed by atoms with Crippen LogP contribution in [0.4, 0.5) is 5.69 Å².